The molecule has 0 radical (unpaired) electrons. The summed E-state index contributed by atoms with van der Waals surface area (Å²) in [5, 5.41) is 3.42. The van der Waals surface area contributed by atoms with Crippen molar-refractivity contribution in [1.82, 2.24) is 4.98 Å². The SMILES string of the molecule is CCS(=O)(=O)Nc1ccc(NC(=O)c2cccnc2Sc2ccc(C)c(C)c2)cc1OC. The third kappa shape index (κ3) is 5.80. The molecule has 3 aromatic rings. The van der Waals surface area contributed by atoms with Gasteiger partial charge in [0.05, 0.1) is 24.1 Å². The molecular weight excluding hydrogens is 446 g/mol. The van der Waals surface area contributed by atoms with Crippen molar-refractivity contribution < 1.29 is 17.9 Å². The second kappa shape index (κ2) is 10.1. The standard InChI is InChI=1S/C23H25N3O4S2/c1-5-32(28,29)26-20-11-9-17(14-21(20)30-4)25-22(27)19-7-6-12-24-23(19)31-18-10-8-15(2)16(3)13-18/h6-14,26H,5H2,1-4H3,(H,25,27). The molecule has 0 spiro atoms. The average Bonchev–Trinajstić information content (AvgIpc) is 2.77. The molecule has 7 nitrogen and oxygen atoms in total. The van der Waals surface area contributed by atoms with Crippen molar-refractivity contribution in [2.24, 2.45) is 0 Å². The Morgan fingerprint density at radius 2 is 1.88 bits per heavy atom. The van der Waals surface area contributed by atoms with E-state index in [9.17, 15) is 13.2 Å². The van der Waals surface area contributed by atoms with Gasteiger partial charge in [-0.05, 0) is 68.3 Å². The minimum Gasteiger partial charge on any atom is -0.494 e. The Labute approximate surface area is 192 Å². The normalized spacial score (nSPS) is 11.1. The first kappa shape index (κ1) is 23.6. The summed E-state index contributed by atoms with van der Waals surface area (Å²) in [5.41, 5.74) is 3.58. The number of carbonyl (C=O) groups is 1. The molecule has 0 unspecified atom stereocenters. The van der Waals surface area contributed by atoms with Crippen molar-refractivity contribution in [2.45, 2.75) is 30.7 Å². The van der Waals surface area contributed by atoms with Gasteiger partial charge in [0.25, 0.3) is 5.91 Å². The molecule has 1 aromatic heterocycles. The third-order valence-electron chi connectivity index (χ3n) is 4.81. The highest BCUT2D eigenvalue weighted by atomic mass is 32.2. The van der Waals surface area contributed by atoms with Crippen molar-refractivity contribution in [3.8, 4) is 5.75 Å². The van der Waals surface area contributed by atoms with Crippen LogP contribution in [0.2, 0.25) is 0 Å². The number of ether oxygens (including phenoxy) is 1. The first-order valence-corrected chi connectivity index (χ1v) is 12.4. The molecule has 0 aliphatic rings. The molecule has 0 aliphatic carbocycles. The second-order valence-corrected chi connectivity index (χ2v) is 10.2. The van der Waals surface area contributed by atoms with Crippen LogP contribution in [0.5, 0.6) is 5.75 Å². The zero-order chi connectivity index (χ0) is 23.3. The molecule has 0 saturated heterocycles. The fourth-order valence-electron chi connectivity index (χ4n) is 2.83. The third-order valence-corrected chi connectivity index (χ3v) is 7.11. The van der Waals surface area contributed by atoms with Crippen LogP contribution in [0, 0.1) is 13.8 Å². The first-order valence-electron chi connectivity index (χ1n) is 9.92. The zero-order valence-corrected chi connectivity index (χ0v) is 19.9. The topological polar surface area (TPSA) is 97.4 Å². The summed E-state index contributed by atoms with van der Waals surface area (Å²) in [6.45, 7) is 5.64. The number of rotatable bonds is 8. The van der Waals surface area contributed by atoms with E-state index in [0.29, 0.717) is 27.7 Å². The smallest absolute Gasteiger partial charge is 0.258 e. The number of carbonyl (C=O) groups excluding carboxylic acids is 1. The highest BCUT2D eigenvalue weighted by Gasteiger charge is 2.16. The molecule has 1 heterocycles. The number of amides is 1. The second-order valence-electron chi connectivity index (χ2n) is 7.08. The van der Waals surface area contributed by atoms with E-state index in [0.717, 1.165) is 4.90 Å². The minimum absolute atomic E-state index is 0.0589. The number of anilines is 2. The molecule has 3 rings (SSSR count). The number of methoxy groups -OCH3 is 1. The lowest BCUT2D eigenvalue weighted by Crippen LogP contribution is -2.16. The number of benzene rings is 2. The number of nitrogens with one attached hydrogen (secondary N) is 2. The van der Waals surface area contributed by atoms with Gasteiger partial charge in [-0.3, -0.25) is 9.52 Å². The highest BCUT2D eigenvalue weighted by molar-refractivity contribution is 7.99. The Morgan fingerprint density at radius 1 is 1.09 bits per heavy atom. The largest absolute Gasteiger partial charge is 0.494 e. The maximum Gasteiger partial charge on any atom is 0.258 e. The fraction of sp³-hybridized carbons (Fsp3) is 0.217. The van der Waals surface area contributed by atoms with E-state index in [2.05, 4.69) is 28.0 Å². The summed E-state index contributed by atoms with van der Waals surface area (Å²) in [7, 11) is -2.02. The molecule has 1 amide bonds. The molecule has 0 aliphatic heterocycles. The maximum atomic E-state index is 13.0. The molecule has 32 heavy (non-hydrogen) atoms. The van der Waals surface area contributed by atoms with E-state index in [4.69, 9.17) is 4.74 Å². The van der Waals surface area contributed by atoms with Crippen LogP contribution >= 0.6 is 11.8 Å². The van der Waals surface area contributed by atoms with Gasteiger partial charge in [0.2, 0.25) is 10.0 Å². The van der Waals surface area contributed by atoms with Gasteiger partial charge in [-0.25, -0.2) is 13.4 Å². The zero-order valence-electron chi connectivity index (χ0n) is 18.3. The van der Waals surface area contributed by atoms with Crippen molar-refractivity contribution in [2.75, 3.05) is 22.9 Å². The average molecular weight is 472 g/mol. The van der Waals surface area contributed by atoms with E-state index < -0.39 is 10.0 Å². The lowest BCUT2D eigenvalue weighted by atomic mass is 10.1. The number of hydrogen-bond acceptors (Lipinski definition) is 6. The fourth-order valence-corrected chi connectivity index (χ4v) is 4.45. The Kier molecular flexibility index (Phi) is 7.42. The minimum atomic E-state index is -3.45. The van der Waals surface area contributed by atoms with Gasteiger partial charge in [0.15, 0.2) is 0 Å². The van der Waals surface area contributed by atoms with Gasteiger partial charge in [0, 0.05) is 22.8 Å². The van der Waals surface area contributed by atoms with Gasteiger partial charge >= 0.3 is 0 Å². The van der Waals surface area contributed by atoms with Crippen molar-refractivity contribution in [3.05, 3.63) is 71.4 Å². The Balaban J connectivity index is 1.82. The predicted octanol–water partition coefficient (Wildman–Crippen LogP) is 4.87. The van der Waals surface area contributed by atoms with Crippen LogP contribution in [0.1, 0.15) is 28.4 Å². The number of hydrogen-bond donors (Lipinski definition) is 2. The molecule has 0 atom stereocenters. The maximum absolute atomic E-state index is 13.0. The highest BCUT2D eigenvalue weighted by Crippen LogP contribution is 2.32. The van der Waals surface area contributed by atoms with E-state index in [1.165, 1.54) is 30.0 Å². The number of nitrogens with zero attached hydrogens (tertiary/aromatic N) is 1. The van der Waals surface area contributed by atoms with Crippen molar-refractivity contribution in [3.63, 3.8) is 0 Å². The lowest BCUT2D eigenvalue weighted by molar-refractivity contribution is 0.102. The van der Waals surface area contributed by atoms with E-state index in [1.54, 1.807) is 43.5 Å². The van der Waals surface area contributed by atoms with Crippen LogP contribution in [-0.4, -0.2) is 32.2 Å². The van der Waals surface area contributed by atoms with Crippen LogP contribution in [0.15, 0.2) is 64.6 Å². The van der Waals surface area contributed by atoms with Crippen molar-refractivity contribution in [1.29, 1.82) is 0 Å². The van der Waals surface area contributed by atoms with Gasteiger partial charge in [-0.15, -0.1) is 0 Å². The Hall–Kier alpha value is -3.04. The van der Waals surface area contributed by atoms with Gasteiger partial charge in [-0.2, -0.15) is 0 Å². The monoisotopic (exact) mass is 471 g/mol. The summed E-state index contributed by atoms with van der Waals surface area (Å²) < 4.78 is 31.5. The Morgan fingerprint density at radius 3 is 2.56 bits per heavy atom. The van der Waals surface area contributed by atoms with Crippen LogP contribution in [0.4, 0.5) is 11.4 Å². The van der Waals surface area contributed by atoms with Crippen LogP contribution in [0.3, 0.4) is 0 Å². The summed E-state index contributed by atoms with van der Waals surface area (Å²) in [5.74, 6) is -0.0829. The molecule has 2 aromatic carbocycles. The summed E-state index contributed by atoms with van der Waals surface area (Å²) in [4.78, 5) is 18.4. The summed E-state index contributed by atoms with van der Waals surface area (Å²) >= 11 is 1.42. The number of sulfonamides is 1. The number of pyridine rings is 1. The molecule has 0 bridgehead atoms. The Bertz CT molecular complexity index is 1240. The van der Waals surface area contributed by atoms with Crippen LogP contribution < -0.4 is 14.8 Å². The van der Waals surface area contributed by atoms with Gasteiger partial charge in [0.1, 0.15) is 10.8 Å². The quantitative estimate of drug-likeness (QED) is 0.486. The van der Waals surface area contributed by atoms with E-state index in [-0.39, 0.29) is 11.7 Å². The van der Waals surface area contributed by atoms with Crippen LogP contribution in [-0.2, 0) is 10.0 Å². The number of aromatic nitrogens is 1. The van der Waals surface area contributed by atoms with E-state index >= 15 is 0 Å². The van der Waals surface area contributed by atoms with Gasteiger partial charge in [-0.1, -0.05) is 17.8 Å². The molecule has 168 valence electrons. The number of aryl methyl sites for hydroxylation is 2. The molecule has 2 N–H and O–H groups in total. The summed E-state index contributed by atoms with van der Waals surface area (Å²) in [6, 6.07) is 14.3. The van der Waals surface area contributed by atoms with Crippen LogP contribution in [0.25, 0.3) is 0 Å². The first-order chi connectivity index (χ1) is 15.2. The lowest BCUT2D eigenvalue weighted by Gasteiger charge is -2.14. The molecule has 0 fully saturated rings. The van der Waals surface area contributed by atoms with E-state index in [1.807, 2.05) is 19.1 Å². The molecule has 9 heteroatoms. The molecule has 0 saturated carbocycles. The summed E-state index contributed by atoms with van der Waals surface area (Å²) in [6.07, 6.45) is 1.65. The predicted molar refractivity (Wildman–Crippen MR) is 128 cm³/mol. The molecular formula is C23H25N3O4S2. The van der Waals surface area contributed by atoms with Gasteiger partial charge < -0.3 is 10.1 Å². The van der Waals surface area contributed by atoms with Crippen molar-refractivity contribution >= 4 is 39.1 Å².